The van der Waals surface area contributed by atoms with Crippen LogP contribution in [0.15, 0.2) is 21.2 Å². The van der Waals surface area contributed by atoms with E-state index < -0.39 is 36.0 Å². The third-order valence-corrected chi connectivity index (χ3v) is 5.61. The predicted octanol–water partition coefficient (Wildman–Crippen LogP) is 2.41. The molecule has 0 radical (unpaired) electrons. The molecule has 0 bridgehead atoms. The van der Waals surface area contributed by atoms with Crippen molar-refractivity contribution in [3.63, 3.8) is 0 Å². The Hall–Kier alpha value is -0.630. The molecule has 3 N–H and O–H groups in total. The number of hydrogen-bond acceptors (Lipinski definition) is 5. The van der Waals surface area contributed by atoms with Crippen molar-refractivity contribution in [2.45, 2.75) is 71.2 Å². The summed E-state index contributed by atoms with van der Waals surface area (Å²) in [6.07, 6.45) is -2.50. The minimum atomic E-state index is -1.61. The Balaban J connectivity index is 3.00. The van der Waals surface area contributed by atoms with E-state index in [0.717, 1.165) is 5.57 Å². The molecule has 1 amide bonds. The number of methoxy groups -OCH3 is 1. The van der Waals surface area contributed by atoms with Gasteiger partial charge in [-0.25, -0.2) is 0 Å². The number of ether oxygens (including phenoxy) is 2. The summed E-state index contributed by atoms with van der Waals surface area (Å²) in [7, 11) is 1.45. The van der Waals surface area contributed by atoms with Crippen LogP contribution in [0.5, 0.6) is 0 Å². The Morgan fingerprint density at radius 2 is 1.88 bits per heavy atom. The van der Waals surface area contributed by atoms with Crippen LogP contribution in [0.2, 0.25) is 0 Å². The second kappa shape index (κ2) is 8.84. The van der Waals surface area contributed by atoms with Crippen LogP contribution >= 0.6 is 23.2 Å². The summed E-state index contributed by atoms with van der Waals surface area (Å²) in [4.78, 5) is 12.5. The first kappa shape index (κ1) is 22.4. The molecule has 0 aromatic carbocycles. The lowest BCUT2D eigenvalue weighted by Gasteiger charge is -2.46. The van der Waals surface area contributed by atoms with Gasteiger partial charge in [0.15, 0.2) is 6.29 Å². The fourth-order valence-corrected chi connectivity index (χ4v) is 3.06. The van der Waals surface area contributed by atoms with Crippen molar-refractivity contribution < 1.29 is 24.5 Å². The lowest BCUT2D eigenvalue weighted by molar-refractivity contribution is -0.275. The molecule has 1 aliphatic rings. The number of allylic oxidation sites excluding steroid dienone is 3. The van der Waals surface area contributed by atoms with E-state index in [0.29, 0.717) is 5.03 Å². The predicted molar refractivity (Wildman–Crippen MR) is 97.3 cm³/mol. The van der Waals surface area contributed by atoms with Crippen LogP contribution in [-0.2, 0) is 14.3 Å². The van der Waals surface area contributed by atoms with Gasteiger partial charge in [-0.1, -0.05) is 28.8 Å². The third-order valence-electron chi connectivity index (χ3n) is 4.48. The molecular weight excluding hydrogens is 369 g/mol. The maximum atomic E-state index is 12.5. The van der Waals surface area contributed by atoms with Gasteiger partial charge in [-0.05, 0) is 34.6 Å². The Kier molecular flexibility index (Phi) is 7.93. The molecule has 0 saturated carbocycles. The molecule has 8 heteroatoms. The van der Waals surface area contributed by atoms with Crippen LogP contribution in [0.1, 0.15) is 41.0 Å². The number of hydrogen-bond donors (Lipinski definition) is 3. The van der Waals surface area contributed by atoms with Crippen molar-refractivity contribution in [3.05, 3.63) is 21.2 Å². The Labute approximate surface area is 158 Å². The van der Waals surface area contributed by atoms with Gasteiger partial charge in [0.2, 0.25) is 5.91 Å². The van der Waals surface area contributed by atoms with Crippen LogP contribution in [-0.4, -0.2) is 53.4 Å². The van der Waals surface area contributed by atoms with Gasteiger partial charge >= 0.3 is 0 Å². The number of aliphatic hydroxyl groups is 2. The highest BCUT2D eigenvalue weighted by atomic mass is 35.5. The first-order chi connectivity index (χ1) is 11.5. The first-order valence-corrected chi connectivity index (χ1v) is 8.80. The summed E-state index contributed by atoms with van der Waals surface area (Å²) in [5, 5.41) is 24.4. The second-order valence-corrected chi connectivity index (χ2v) is 7.35. The van der Waals surface area contributed by atoms with Gasteiger partial charge in [0.25, 0.3) is 0 Å². The average molecular weight is 396 g/mol. The quantitative estimate of drug-likeness (QED) is 0.491. The molecule has 5 atom stereocenters. The minimum Gasteiger partial charge on any atom is -0.387 e. The number of halogens is 2. The standard InChI is InChI=1S/C17H27Cl2NO5/c1-8(2)13(18)14(19)9(3)16(22)20-11(5)17(23)7-12(24-6)25-10(4)15(17)21/h10-12,15,21,23H,7H2,1-6H3,(H,20,22)/b14-9-/t10-,11?,12+,15-,17-/m1/s1. The van der Waals surface area contributed by atoms with E-state index in [2.05, 4.69) is 5.32 Å². The summed E-state index contributed by atoms with van der Waals surface area (Å²) in [5.41, 5.74) is -0.607. The fraction of sp³-hybridized carbons (Fsp3) is 0.706. The van der Waals surface area contributed by atoms with Crippen LogP contribution < -0.4 is 5.32 Å². The SMILES string of the molecule is CO[C@@H]1C[C@@](O)(C(C)NC(=O)/C(C)=C(\Cl)C(Cl)=C(C)C)[C@H](O)[C@@H](C)O1. The van der Waals surface area contributed by atoms with Gasteiger partial charge in [0.05, 0.1) is 22.2 Å². The zero-order valence-electron chi connectivity index (χ0n) is 15.4. The van der Waals surface area contributed by atoms with Gasteiger partial charge in [0, 0.05) is 19.1 Å². The highest BCUT2D eigenvalue weighted by molar-refractivity contribution is 6.45. The molecular formula is C17H27Cl2NO5. The van der Waals surface area contributed by atoms with Crippen molar-refractivity contribution in [2.24, 2.45) is 0 Å². The third kappa shape index (κ3) is 4.96. The number of carbonyl (C=O) groups is 1. The molecule has 25 heavy (non-hydrogen) atoms. The van der Waals surface area contributed by atoms with Crippen molar-refractivity contribution in [1.82, 2.24) is 5.32 Å². The number of amides is 1. The first-order valence-electron chi connectivity index (χ1n) is 8.05. The number of carbonyl (C=O) groups excluding carboxylic acids is 1. The number of nitrogens with one attached hydrogen (secondary N) is 1. The Morgan fingerprint density at radius 3 is 2.36 bits per heavy atom. The maximum absolute atomic E-state index is 12.5. The summed E-state index contributed by atoms with van der Waals surface area (Å²) >= 11 is 12.2. The molecule has 0 aromatic rings. The topological polar surface area (TPSA) is 88.0 Å². The van der Waals surface area contributed by atoms with Gasteiger partial charge in [-0.3, -0.25) is 4.79 Å². The van der Waals surface area contributed by atoms with Gasteiger partial charge in [-0.15, -0.1) is 0 Å². The van der Waals surface area contributed by atoms with E-state index in [1.807, 2.05) is 0 Å². The molecule has 6 nitrogen and oxygen atoms in total. The molecule has 0 aliphatic carbocycles. The Bertz CT molecular complexity index is 573. The van der Waals surface area contributed by atoms with E-state index >= 15 is 0 Å². The fourth-order valence-electron chi connectivity index (χ4n) is 2.64. The van der Waals surface area contributed by atoms with Crippen molar-refractivity contribution >= 4 is 29.1 Å². The molecule has 0 spiro atoms. The zero-order valence-corrected chi connectivity index (χ0v) is 16.9. The Morgan fingerprint density at radius 1 is 1.32 bits per heavy atom. The van der Waals surface area contributed by atoms with Gasteiger partial charge < -0.3 is 25.0 Å². The smallest absolute Gasteiger partial charge is 0.248 e. The van der Waals surface area contributed by atoms with Gasteiger partial charge in [0.1, 0.15) is 11.7 Å². The van der Waals surface area contributed by atoms with Crippen LogP contribution in [0, 0.1) is 0 Å². The summed E-state index contributed by atoms with van der Waals surface area (Å²) < 4.78 is 10.6. The normalized spacial score (nSPS) is 31.8. The van der Waals surface area contributed by atoms with E-state index in [1.54, 1.807) is 34.6 Å². The van der Waals surface area contributed by atoms with Crippen LogP contribution in [0.3, 0.4) is 0 Å². The molecule has 0 aromatic heterocycles. The van der Waals surface area contributed by atoms with E-state index in [9.17, 15) is 15.0 Å². The van der Waals surface area contributed by atoms with Crippen LogP contribution in [0.4, 0.5) is 0 Å². The van der Waals surface area contributed by atoms with Crippen LogP contribution in [0.25, 0.3) is 0 Å². The molecule has 1 fully saturated rings. The molecule has 144 valence electrons. The highest BCUT2D eigenvalue weighted by Crippen LogP contribution is 2.33. The lowest BCUT2D eigenvalue weighted by atomic mass is 9.81. The maximum Gasteiger partial charge on any atom is 0.248 e. The monoisotopic (exact) mass is 395 g/mol. The molecule has 1 saturated heterocycles. The summed E-state index contributed by atoms with van der Waals surface area (Å²) in [6.45, 7) is 8.35. The summed E-state index contributed by atoms with van der Waals surface area (Å²) in [6, 6.07) is -0.774. The van der Waals surface area contributed by atoms with E-state index in [-0.39, 0.29) is 17.0 Å². The minimum absolute atomic E-state index is 0.0156. The number of rotatable bonds is 5. The zero-order chi connectivity index (χ0) is 19.5. The van der Waals surface area contributed by atoms with Crippen molar-refractivity contribution in [1.29, 1.82) is 0 Å². The number of aliphatic hydroxyl groups excluding tert-OH is 1. The second-order valence-electron chi connectivity index (χ2n) is 6.59. The average Bonchev–Trinajstić information content (AvgIpc) is 2.56. The van der Waals surface area contributed by atoms with E-state index in [4.69, 9.17) is 32.7 Å². The largest absolute Gasteiger partial charge is 0.387 e. The van der Waals surface area contributed by atoms with Gasteiger partial charge in [-0.2, -0.15) is 0 Å². The molecule has 1 aliphatic heterocycles. The summed E-state index contributed by atoms with van der Waals surface area (Å²) in [5.74, 6) is -0.481. The van der Waals surface area contributed by atoms with E-state index in [1.165, 1.54) is 7.11 Å². The highest BCUT2D eigenvalue weighted by Gasteiger charge is 2.50. The molecule has 1 rings (SSSR count). The lowest BCUT2D eigenvalue weighted by Crippen LogP contribution is -2.65. The van der Waals surface area contributed by atoms with Crippen molar-refractivity contribution in [3.8, 4) is 0 Å². The molecule has 1 heterocycles. The van der Waals surface area contributed by atoms with Crippen molar-refractivity contribution in [2.75, 3.05) is 7.11 Å². The molecule has 1 unspecified atom stereocenters.